The van der Waals surface area contributed by atoms with Gasteiger partial charge >= 0.3 is 0 Å². The number of carbonyl (C=O) groups excluding carboxylic acids is 1. The van der Waals surface area contributed by atoms with Crippen molar-refractivity contribution in [3.05, 3.63) is 0 Å². The summed E-state index contributed by atoms with van der Waals surface area (Å²) < 4.78 is 0. The summed E-state index contributed by atoms with van der Waals surface area (Å²) in [7, 11) is 0. The first-order valence-electron chi connectivity index (χ1n) is 7.08. The molecule has 4 nitrogen and oxygen atoms in total. The second-order valence-corrected chi connectivity index (χ2v) is 6.66. The maximum Gasteiger partial charge on any atom is 0.216 e. The highest BCUT2D eigenvalue weighted by Crippen LogP contribution is 2.23. The maximum atomic E-state index is 10.9. The van der Waals surface area contributed by atoms with Gasteiger partial charge in [0.15, 0.2) is 0 Å². The third kappa shape index (κ3) is 5.87. The van der Waals surface area contributed by atoms with Crippen molar-refractivity contribution in [1.82, 2.24) is 10.2 Å². The van der Waals surface area contributed by atoms with E-state index in [1.165, 1.54) is 0 Å². The summed E-state index contributed by atoms with van der Waals surface area (Å²) in [5.74, 6) is 0.699. The summed E-state index contributed by atoms with van der Waals surface area (Å²) in [5, 5.41) is 2.91. The van der Waals surface area contributed by atoms with Gasteiger partial charge in [-0.3, -0.25) is 4.79 Å². The van der Waals surface area contributed by atoms with Gasteiger partial charge < -0.3 is 16.0 Å². The number of thiocarbonyl (C=S) groups is 1. The fourth-order valence-corrected chi connectivity index (χ4v) is 2.37. The first kappa shape index (κ1) is 16.4. The number of piperidine rings is 1. The monoisotopic (exact) mass is 285 g/mol. The van der Waals surface area contributed by atoms with E-state index in [-0.39, 0.29) is 11.3 Å². The Labute approximate surface area is 122 Å². The van der Waals surface area contributed by atoms with Gasteiger partial charge in [0.1, 0.15) is 0 Å². The van der Waals surface area contributed by atoms with Gasteiger partial charge in [-0.25, -0.2) is 0 Å². The van der Waals surface area contributed by atoms with Crippen molar-refractivity contribution in [2.75, 3.05) is 26.2 Å². The molecule has 0 radical (unpaired) electrons. The fourth-order valence-electron chi connectivity index (χ4n) is 2.26. The second-order valence-electron chi connectivity index (χ2n) is 6.22. The molecule has 19 heavy (non-hydrogen) atoms. The molecule has 5 heteroatoms. The molecule has 1 rings (SSSR count). The molecule has 110 valence electrons. The summed E-state index contributed by atoms with van der Waals surface area (Å²) >= 11 is 5.10. The molecule has 0 aromatic rings. The first-order chi connectivity index (χ1) is 8.81. The lowest BCUT2D eigenvalue weighted by atomic mass is 9.88. The molecule has 1 saturated heterocycles. The zero-order valence-corrected chi connectivity index (χ0v) is 13.2. The Morgan fingerprint density at radius 1 is 1.42 bits per heavy atom. The van der Waals surface area contributed by atoms with E-state index in [2.05, 4.69) is 24.1 Å². The van der Waals surface area contributed by atoms with Gasteiger partial charge in [0.2, 0.25) is 5.91 Å². The third-order valence-electron chi connectivity index (χ3n) is 4.07. The molecule has 0 atom stereocenters. The summed E-state index contributed by atoms with van der Waals surface area (Å²) in [4.78, 5) is 14.0. The molecule has 1 aliphatic rings. The Hall–Kier alpha value is -0.680. The Bertz CT molecular complexity index is 323. The van der Waals surface area contributed by atoms with Gasteiger partial charge in [-0.2, -0.15) is 0 Å². The minimum absolute atomic E-state index is 0.0532. The van der Waals surface area contributed by atoms with Crippen LogP contribution in [-0.4, -0.2) is 42.0 Å². The highest BCUT2D eigenvalue weighted by molar-refractivity contribution is 7.80. The van der Waals surface area contributed by atoms with Gasteiger partial charge in [0, 0.05) is 18.9 Å². The molecule has 1 amide bonds. The molecule has 1 aliphatic heterocycles. The number of nitrogens with one attached hydrogen (secondary N) is 1. The molecule has 0 aromatic carbocycles. The lowest BCUT2D eigenvalue weighted by Gasteiger charge is -2.34. The fraction of sp³-hybridized carbons (Fsp3) is 0.857. The van der Waals surface area contributed by atoms with E-state index in [1.807, 2.05) is 0 Å². The maximum absolute atomic E-state index is 10.9. The number of amides is 1. The highest BCUT2D eigenvalue weighted by atomic mass is 32.1. The van der Waals surface area contributed by atoms with Crippen molar-refractivity contribution in [2.24, 2.45) is 17.1 Å². The minimum atomic E-state index is -0.0532. The second kappa shape index (κ2) is 7.20. The topological polar surface area (TPSA) is 58.4 Å². The predicted molar refractivity (Wildman–Crippen MR) is 83.0 cm³/mol. The standard InChI is InChI=1S/C14H27N3OS/c1-11(18)16-10-12-4-7-17(8-5-12)9-6-14(2,3)13(15)19/h12H,4-10H2,1-3H3,(H2,15,19)(H,16,18). The van der Waals surface area contributed by atoms with Crippen LogP contribution in [0.15, 0.2) is 0 Å². The molecule has 0 aliphatic carbocycles. The van der Waals surface area contributed by atoms with E-state index in [0.29, 0.717) is 10.9 Å². The molecule has 1 heterocycles. The van der Waals surface area contributed by atoms with Gasteiger partial charge in [-0.15, -0.1) is 0 Å². The number of hydrogen-bond acceptors (Lipinski definition) is 3. The van der Waals surface area contributed by atoms with Crippen LogP contribution in [0.4, 0.5) is 0 Å². The first-order valence-corrected chi connectivity index (χ1v) is 7.49. The largest absolute Gasteiger partial charge is 0.393 e. The van der Waals surface area contributed by atoms with Crippen LogP contribution in [-0.2, 0) is 4.79 Å². The van der Waals surface area contributed by atoms with E-state index in [1.54, 1.807) is 6.92 Å². The average Bonchev–Trinajstić information content (AvgIpc) is 2.35. The molecule has 1 fully saturated rings. The summed E-state index contributed by atoms with van der Waals surface area (Å²) in [6, 6.07) is 0. The van der Waals surface area contributed by atoms with E-state index >= 15 is 0 Å². The SMILES string of the molecule is CC(=O)NCC1CCN(CCC(C)(C)C(N)=S)CC1. The summed E-state index contributed by atoms with van der Waals surface area (Å²) in [6.45, 7) is 9.89. The van der Waals surface area contributed by atoms with Gasteiger partial charge in [-0.1, -0.05) is 26.1 Å². The molecular weight excluding hydrogens is 258 g/mol. The molecular formula is C14H27N3OS. The lowest BCUT2D eigenvalue weighted by molar-refractivity contribution is -0.119. The van der Waals surface area contributed by atoms with Crippen molar-refractivity contribution in [3.8, 4) is 0 Å². The summed E-state index contributed by atoms with van der Waals surface area (Å²) in [5.41, 5.74) is 5.70. The summed E-state index contributed by atoms with van der Waals surface area (Å²) in [6.07, 6.45) is 3.33. The minimum Gasteiger partial charge on any atom is -0.393 e. The normalized spacial score (nSPS) is 18.3. The van der Waals surface area contributed by atoms with Crippen LogP contribution in [0.2, 0.25) is 0 Å². The number of nitrogens with two attached hydrogens (primary N) is 1. The number of likely N-dealkylation sites (tertiary alicyclic amines) is 1. The molecule has 0 saturated carbocycles. The van der Waals surface area contributed by atoms with E-state index < -0.39 is 0 Å². The van der Waals surface area contributed by atoms with Gasteiger partial charge in [0.25, 0.3) is 0 Å². The smallest absolute Gasteiger partial charge is 0.216 e. The number of carbonyl (C=O) groups is 1. The van der Waals surface area contributed by atoms with Crippen molar-refractivity contribution >= 4 is 23.1 Å². The van der Waals surface area contributed by atoms with Crippen LogP contribution >= 0.6 is 12.2 Å². The van der Waals surface area contributed by atoms with Crippen LogP contribution in [0, 0.1) is 11.3 Å². The molecule has 0 spiro atoms. The predicted octanol–water partition coefficient (Wildman–Crippen LogP) is 1.54. The van der Waals surface area contributed by atoms with Crippen molar-refractivity contribution in [1.29, 1.82) is 0 Å². The Kier molecular flexibility index (Phi) is 6.20. The molecule has 3 N–H and O–H groups in total. The Balaban J connectivity index is 2.23. The third-order valence-corrected chi connectivity index (χ3v) is 4.62. The average molecular weight is 285 g/mol. The van der Waals surface area contributed by atoms with Crippen molar-refractivity contribution in [2.45, 2.75) is 40.0 Å². The molecule has 0 bridgehead atoms. The van der Waals surface area contributed by atoms with E-state index in [0.717, 1.165) is 45.4 Å². The number of nitrogens with zero attached hydrogens (tertiary/aromatic N) is 1. The highest BCUT2D eigenvalue weighted by Gasteiger charge is 2.24. The van der Waals surface area contributed by atoms with E-state index in [4.69, 9.17) is 18.0 Å². The number of rotatable bonds is 6. The zero-order chi connectivity index (χ0) is 14.5. The quantitative estimate of drug-likeness (QED) is 0.727. The molecule has 0 aromatic heterocycles. The van der Waals surface area contributed by atoms with Crippen LogP contribution in [0.1, 0.15) is 40.0 Å². The van der Waals surface area contributed by atoms with Gasteiger partial charge in [0.05, 0.1) is 4.99 Å². The number of hydrogen-bond donors (Lipinski definition) is 2. The van der Waals surface area contributed by atoms with Crippen LogP contribution in [0.5, 0.6) is 0 Å². The molecule has 0 unspecified atom stereocenters. The van der Waals surface area contributed by atoms with E-state index in [9.17, 15) is 4.79 Å². The zero-order valence-electron chi connectivity index (χ0n) is 12.4. The Morgan fingerprint density at radius 2 is 2.00 bits per heavy atom. The van der Waals surface area contributed by atoms with Crippen LogP contribution in [0.25, 0.3) is 0 Å². The van der Waals surface area contributed by atoms with Crippen molar-refractivity contribution in [3.63, 3.8) is 0 Å². The van der Waals surface area contributed by atoms with Crippen molar-refractivity contribution < 1.29 is 4.79 Å². The van der Waals surface area contributed by atoms with Gasteiger partial charge in [-0.05, 0) is 44.8 Å². The van der Waals surface area contributed by atoms with Crippen LogP contribution in [0.3, 0.4) is 0 Å². The lowest BCUT2D eigenvalue weighted by Crippen LogP contribution is -2.40. The van der Waals surface area contributed by atoms with Crippen LogP contribution < -0.4 is 11.1 Å². The Morgan fingerprint density at radius 3 is 2.47 bits per heavy atom.